The highest BCUT2D eigenvalue weighted by Crippen LogP contribution is 2.37. The summed E-state index contributed by atoms with van der Waals surface area (Å²) in [5.41, 5.74) is 0.479. The molecule has 11 heteroatoms. The number of carbonyl (C=O) groups is 4. The molecule has 1 saturated heterocycles. The van der Waals surface area contributed by atoms with Gasteiger partial charge >= 0.3 is 12.0 Å². The molecule has 0 unspecified atom stereocenters. The summed E-state index contributed by atoms with van der Waals surface area (Å²) in [6.45, 7) is -0.336. The highest BCUT2D eigenvalue weighted by Gasteiger charge is 2.36. The Kier molecular flexibility index (Phi) is 7.31. The van der Waals surface area contributed by atoms with Crippen LogP contribution in [0, 0.1) is 0 Å². The number of anilines is 1. The fourth-order valence-corrected chi connectivity index (χ4v) is 3.64. The van der Waals surface area contributed by atoms with Gasteiger partial charge < -0.3 is 14.2 Å². The van der Waals surface area contributed by atoms with Gasteiger partial charge in [0.15, 0.2) is 18.1 Å². The zero-order valence-corrected chi connectivity index (χ0v) is 20.0. The van der Waals surface area contributed by atoms with Gasteiger partial charge in [-0.05, 0) is 64.0 Å². The summed E-state index contributed by atoms with van der Waals surface area (Å²) in [4.78, 5) is 49.9. The summed E-state index contributed by atoms with van der Waals surface area (Å²) < 4.78 is 16.5. The number of rotatable bonds is 6. The molecule has 0 aliphatic carbocycles. The first-order valence-electron chi connectivity index (χ1n) is 8.99. The van der Waals surface area contributed by atoms with Crippen LogP contribution >= 0.6 is 31.9 Å². The molecule has 32 heavy (non-hydrogen) atoms. The summed E-state index contributed by atoms with van der Waals surface area (Å²) in [5, 5.41) is 2.17. The highest BCUT2D eigenvalue weighted by molar-refractivity contribution is 9.10. The summed E-state index contributed by atoms with van der Waals surface area (Å²) >= 11 is 6.62. The Morgan fingerprint density at radius 3 is 2.41 bits per heavy atom. The smallest absolute Gasteiger partial charge is 0.343 e. The van der Waals surface area contributed by atoms with Crippen molar-refractivity contribution in [1.29, 1.82) is 0 Å². The molecule has 0 aromatic heterocycles. The number of benzene rings is 2. The fraction of sp³-hybridized carbons (Fsp3) is 0.143. The molecule has 3 rings (SSSR count). The number of imide groups is 2. The molecule has 0 atom stereocenters. The predicted molar refractivity (Wildman–Crippen MR) is 121 cm³/mol. The number of nitrogens with zero attached hydrogens (tertiary/aromatic N) is 1. The summed E-state index contributed by atoms with van der Waals surface area (Å²) in [7, 11) is 2.64. The Morgan fingerprint density at radius 2 is 1.78 bits per heavy atom. The summed E-state index contributed by atoms with van der Waals surface area (Å²) in [6.07, 6.45) is 1.33. The first kappa shape index (κ1) is 23.5. The van der Waals surface area contributed by atoms with Gasteiger partial charge in [-0.3, -0.25) is 14.9 Å². The summed E-state index contributed by atoms with van der Waals surface area (Å²) in [5.74, 6) is -1.69. The van der Waals surface area contributed by atoms with E-state index in [9.17, 15) is 19.2 Å². The minimum absolute atomic E-state index is 0.242. The van der Waals surface area contributed by atoms with E-state index in [0.717, 1.165) is 9.37 Å². The first-order chi connectivity index (χ1) is 15.2. The molecule has 0 bridgehead atoms. The Hall–Kier alpha value is -3.18. The van der Waals surface area contributed by atoms with Gasteiger partial charge in [-0.25, -0.2) is 14.5 Å². The van der Waals surface area contributed by atoms with Crippen molar-refractivity contribution in [1.82, 2.24) is 5.32 Å². The highest BCUT2D eigenvalue weighted by atomic mass is 79.9. The molecule has 166 valence electrons. The van der Waals surface area contributed by atoms with Crippen LogP contribution in [0.2, 0.25) is 0 Å². The van der Waals surface area contributed by atoms with E-state index in [1.165, 1.54) is 26.4 Å². The van der Waals surface area contributed by atoms with Gasteiger partial charge in [0.05, 0.1) is 24.4 Å². The number of urea groups is 1. The molecule has 1 aliphatic rings. The van der Waals surface area contributed by atoms with Crippen LogP contribution in [0.4, 0.5) is 10.5 Å². The quantitative estimate of drug-likeness (QED) is 0.323. The minimum atomic E-state index is -0.843. The lowest BCUT2D eigenvalue weighted by Gasteiger charge is -2.26. The Bertz CT molecular complexity index is 1130. The van der Waals surface area contributed by atoms with Crippen LogP contribution in [0.3, 0.4) is 0 Å². The Morgan fingerprint density at radius 1 is 1.09 bits per heavy atom. The molecule has 4 amide bonds. The Balaban J connectivity index is 1.96. The lowest BCUT2D eigenvalue weighted by molar-refractivity contribution is -0.143. The number of halogens is 2. The second kappa shape index (κ2) is 9.96. The van der Waals surface area contributed by atoms with Crippen molar-refractivity contribution in [2.45, 2.75) is 0 Å². The van der Waals surface area contributed by atoms with Gasteiger partial charge in [-0.1, -0.05) is 15.9 Å². The monoisotopic (exact) mass is 566 g/mol. The molecule has 2 aromatic carbocycles. The van der Waals surface area contributed by atoms with Gasteiger partial charge in [-0.2, -0.15) is 0 Å². The number of hydrogen-bond donors (Lipinski definition) is 1. The van der Waals surface area contributed by atoms with Gasteiger partial charge in [0.2, 0.25) is 0 Å². The van der Waals surface area contributed by atoms with E-state index in [2.05, 4.69) is 41.9 Å². The molecule has 0 spiro atoms. The molecular weight excluding hydrogens is 552 g/mol. The van der Waals surface area contributed by atoms with Crippen LogP contribution in [0.5, 0.6) is 11.5 Å². The SMILES string of the molecule is COC(=O)COc1c(Br)cc(/C=C2\C(=O)NC(=O)N(c3ccc(Br)cc3)C2=O)cc1OC. The number of carbonyl (C=O) groups excluding carboxylic acids is 4. The van der Waals surface area contributed by atoms with E-state index in [1.54, 1.807) is 30.3 Å². The molecular formula is C21H16Br2N2O7. The molecule has 1 N–H and O–H groups in total. The van der Waals surface area contributed by atoms with Crippen molar-refractivity contribution in [3.05, 3.63) is 56.5 Å². The molecule has 0 saturated carbocycles. The van der Waals surface area contributed by atoms with Crippen LogP contribution in [0.25, 0.3) is 6.08 Å². The van der Waals surface area contributed by atoms with E-state index in [1.807, 2.05) is 0 Å². The molecule has 1 fully saturated rings. The van der Waals surface area contributed by atoms with Crippen molar-refractivity contribution in [3.8, 4) is 11.5 Å². The summed E-state index contributed by atoms with van der Waals surface area (Å²) in [6, 6.07) is 8.73. The maximum atomic E-state index is 13.0. The van der Waals surface area contributed by atoms with Gasteiger partial charge in [0, 0.05) is 4.47 Å². The third kappa shape index (κ3) is 5.00. The second-order valence-corrected chi connectivity index (χ2v) is 8.10. The number of ether oxygens (including phenoxy) is 3. The van der Waals surface area contributed by atoms with E-state index in [4.69, 9.17) is 9.47 Å². The zero-order chi connectivity index (χ0) is 23.4. The number of methoxy groups -OCH3 is 2. The average Bonchev–Trinajstić information content (AvgIpc) is 2.76. The van der Waals surface area contributed by atoms with Gasteiger partial charge in [0.25, 0.3) is 11.8 Å². The van der Waals surface area contributed by atoms with Crippen molar-refractivity contribution in [2.75, 3.05) is 25.7 Å². The molecule has 1 aliphatic heterocycles. The van der Waals surface area contributed by atoms with Crippen LogP contribution in [0.15, 0.2) is 50.9 Å². The number of esters is 1. The average molecular weight is 568 g/mol. The number of amides is 4. The van der Waals surface area contributed by atoms with Crippen molar-refractivity contribution >= 4 is 67.4 Å². The minimum Gasteiger partial charge on any atom is -0.493 e. The Labute approximate surface area is 199 Å². The van der Waals surface area contributed by atoms with Crippen molar-refractivity contribution < 1.29 is 33.4 Å². The molecule has 2 aromatic rings. The van der Waals surface area contributed by atoms with Gasteiger partial charge in [-0.15, -0.1) is 0 Å². The lowest BCUT2D eigenvalue weighted by atomic mass is 10.1. The third-order valence-electron chi connectivity index (χ3n) is 4.31. The van der Waals surface area contributed by atoms with Gasteiger partial charge in [0.1, 0.15) is 5.57 Å². The van der Waals surface area contributed by atoms with Crippen LogP contribution in [-0.2, 0) is 19.1 Å². The standard InChI is InChI=1S/C21H16Br2N2O7/c1-30-16-9-11(8-15(23)18(16)32-10-17(26)31-2)7-14-19(27)24-21(29)25(20(14)28)13-5-3-12(22)4-6-13/h3-9H,10H2,1-2H3,(H,24,27,29)/b14-7+. The van der Waals surface area contributed by atoms with Crippen LogP contribution in [0.1, 0.15) is 5.56 Å². The fourth-order valence-electron chi connectivity index (χ4n) is 2.80. The third-order valence-corrected chi connectivity index (χ3v) is 5.43. The first-order valence-corrected chi connectivity index (χ1v) is 10.6. The maximum absolute atomic E-state index is 13.0. The van der Waals surface area contributed by atoms with Crippen LogP contribution < -0.4 is 19.7 Å². The van der Waals surface area contributed by atoms with Crippen LogP contribution in [-0.4, -0.2) is 44.6 Å². The van der Waals surface area contributed by atoms with E-state index in [0.29, 0.717) is 15.7 Å². The van der Waals surface area contributed by atoms with E-state index < -0.39 is 23.8 Å². The lowest BCUT2D eigenvalue weighted by Crippen LogP contribution is -2.54. The predicted octanol–water partition coefficient (Wildman–Crippen LogP) is 3.44. The largest absolute Gasteiger partial charge is 0.493 e. The zero-order valence-electron chi connectivity index (χ0n) is 16.8. The second-order valence-electron chi connectivity index (χ2n) is 6.33. The normalized spacial score (nSPS) is 14.9. The number of nitrogens with one attached hydrogen (secondary N) is 1. The molecule has 9 nitrogen and oxygen atoms in total. The van der Waals surface area contributed by atoms with Crippen molar-refractivity contribution in [2.24, 2.45) is 0 Å². The number of hydrogen-bond acceptors (Lipinski definition) is 7. The molecule has 0 radical (unpaired) electrons. The molecule has 1 heterocycles. The number of barbiturate groups is 1. The van der Waals surface area contributed by atoms with E-state index in [-0.39, 0.29) is 23.7 Å². The maximum Gasteiger partial charge on any atom is 0.343 e. The van der Waals surface area contributed by atoms with Crippen molar-refractivity contribution in [3.63, 3.8) is 0 Å². The topological polar surface area (TPSA) is 111 Å². The van der Waals surface area contributed by atoms with E-state index >= 15 is 0 Å².